The van der Waals surface area contributed by atoms with Gasteiger partial charge in [0.05, 0.1) is 4.47 Å². The van der Waals surface area contributed by atoms with Gasteiger partial charge in [-0.25, -0.2) is 0 Å². The van der Waals surface area contributed by atoms with E-state index in [2.05, 4.69) is 53.5 Å². The van der Waals surface area contributed by atoms with Crippen LogP contribution < -0.4 is 0 Å². The fraction of sp³-hybridized carbons (Fsp3) is 0. The molecule has 1 aromatic heterocycles. The molecule has 1 radical (unpaired) electrons. The predicted octanol–water partition coefficient (Wildman–Crippen LogP) is 1.20. The highest BCUT2D eigenvalue weighted by Crippen LogP contribution is 2.15. The molecule has 3 nitrogen and oxygen atoms in total. The molecule has 8 heavy (non-hydrogen) atoms. The van der Waals surface area contributed by atoms with Crippen LogP contribution in [0.15, 0.2) is 9.08 Å². The monoisotopic (exact) mass is 236 g/mol. The molecule has 0 atom stereocenters. The van der Waals surface area contributed by atoms with Gasteiger partial charge >= 0.3 is 0 Å². The van der Waals surface area contributed by atoms with E-state index >= 15 is 0 Å². The average Bonchev–Trinajstić information content (AvgIpc) is 1.77. The first kappa shape index (κ1) is 6.10. The standard InChI is InChI=1S/C3Br2N3/c4-2-1-6-8-7-3(2)5. The van der Waals surface area contributed by atoms with E-state index in [9.17, 15) is 0 Å². The van der Waals surface area contributed by atoms with E-state index < -0.39 is 0 Å². The molecular formula is C3Br2N3. The van der Waals surface area contributed by atoms with Gasteiger partial charge < -0.3 is 0 Å². The maximum absolute atomic E-state index is 3.56. The van der Waals surface area contributed by atoms with Crippen LogP contribution in [0.5, 0.6) is 0 Å². The van der Waals surface area contributed by atoms with E-state index in [0.29, 0.717) is 9.08 Å². The fourth-order valence-electron chi connectivity index (χ4n) is 0.218. The predicted molar refractivity (Wildman–Crippen MR) is 34.1 cm³/mol. The lowest BCUT2D eigenvalue weighted by molar-refractivity contribution is 0.837. The Kier molecular flexibility index (Phi) is 1.90. The molecule has 0 aliphatic carbocycles. The molecule has 1 rings (SSSR count). The van der Waals surface area contributed by atoms with Crippen molar-refractivity contribution >= 4 is 31.9 Å². The van der Waals surface area contributed by atoms with E-state index in [1.54, 1.807) is 0 Å². The van der Waals surface area contributed by atoms with Crippen LogP contribution in [0.4, 0.5) is 0 Å². The van der Waals surface area contributed by atoms with Crippen molar-refractivity contribution in [1.82, 2.24) is 15.4 Å². The molecule has 0 fully saturated rings. The van der Waals surface area contributed by atoms with E-state index in [1.807, 2.05) is 0 Å². The zero-order valence-corrected chi connectivity index (χ0v) is 6.77. The van der Waals surface area contributed by atoms with Gasteiger partial charge in [0.1, 0.15) is 10.8 Å². The zero-order chi connectivity index (χ0) is 5.98. The largest absolute Gasteiger partial charge is 0.147 e. The second-order valence-electron chi connectivity index (χ2n) is 1.01. The molecule has 0 spiro atoms. The van der Waals surface area contributed by atoms with Crippen molar-refractivity contribution in [1.29, 1.82) is 0 Å². The third kappa shape index (κ3) is 1.23. The zero-order valence-electron chi connectivity index (χ0n) is 3.60. The van der Waals surface area contributed by atoms with Crippen LogP contribution in [-0.2, 0) is 0 Å². The molecule has 0 amide bonds. The second-order valence-corrected chi connectivity index (χ2v) is 2.55. The number of halogens is 2. The Morgan fingerprint density at radius 1 is 1.38 bits per heavy atom. The minimum absolute atomic E-state index is 0.618. The first-order valence-corrected chi connectivity index (χ1v) is 3.31. The molecular weight excluding hydrogens is 238 g/mol. The van der Waals surface area contributed by atoms with Crippen LogP contribution in [0.2, 0.25) is 0 Å². The Balaban J connectivity index is 3.13. The van der Waals surface area contributed by atoms with Gasteiger partial charge in [0.2, 0.25) is 0 Å². The van der Waals surface area contributed by atoms with Crippen molar-refractivity contribution in [3.63, 3.8) is 0 Å². The first-order chi connectivity index (χ1) is 3.80. The maximum Gasteiger partial charge on any atom is 0.147 e. The summed E-state index contributed by atoms with van der Waals surface area (Å²) in [6.07, 6.45) is 2.55. The molecule has 1 aromatic rings. The van der Waals surface area contributed by atoms with E-state index in [1.165, 1.54) is 0 Å². The number of hydrogen-bond acceptors (Lipinski definition) is 3. The minimum Gasteiger partial charge on any atom is -0.127 e. The minimum atomic E-state index is 0.618. The summed E-state index contributed by atoms with van der Waals surface area (Å²) in [5.41, 5.74) is 0. The highest BCUT2D eigenvalue weighted by atomic mass is 79.9. The van der Waals surface area contributed by atoms with Gasteiger partial charge in [-0.15, -0.1) is 10.2 Å². The van der Waals surface area contributed by atoms with Crippen molar-refractivity contribution in [2.45, 2.75) is 0 Å². The van der Waals surface area contributed by atoms with Crippen LogP contribution in [0.1, 0.15) is 0 Å². The maximum atomic E-state index is 3.56. The van der Waals surface area contributed by atoms with Crippen LogP contribution in [0.25, 0.3) is 0 Å². The number of hydrogen-bond donors (Lipinski definition) is 0. The fourth-order valence-corrected chi connectivity index (χ4v) is 0.536. The van der Waals surface area contributed by atoms with Crippen molar-refractivity contribution in [3.05, 3.63) is 15.3 Å². The smallest absolute Gasteiger partial charge is 0.127 e. The van der Waals surface area contributed by atoms with Gasteiger partial charge in [0.25, 0.3) is 0 Å². The first-order valence-electron chi connectivity index (χ1n) is 1.73. The molecule has 0 aromatic carbocycles. The van der Waals surface area contributed by atoms with Gasteiger partial charge in [-0.05, 0) is 37.1 Å². The lowest BCUT2D eigenvalue weighted by Gasteiger charge is -1.84. The van der Waals surface area contributed by atoms with Crippen LogP contribution in [0.3, 0.4) is 0 Å². The topological polar surface area (TPSA) is 38.7 Å². The van der Waals surface area contributed by atoms with E-state index in [4.69, 9.17) is 0 Å². The average molecular weight is 238 g/mol. The van der Waals surface area contributed by atoms with Crippen LogP contribution in [0, 0.1) is 6.20 Å². The number of aromatic nitrogens is 3. The highest BCUT2D eigenvalue weighted by molar-refractivity contribution is 9.13. The molecule has 0 saturated carbocycles. The molecule has 1 heterocycles. The van der Waals surface area contributed by atoms with Gasteiger partial charge in [-0.2, -0.15) is 0 Å². The molecule has 0 aliphatic rings. The summed E-state index contributed by atoms with van der Waals surface area (Å²) in [7, 11) is 0. The summed E-state index contributed by atoms with van der Waals surface area (Å²) in [5, 5.41) is 10.3. The van der Waals surface area contributed by atoms with Gasteiger partial charge in [0.15, 0.2) is 0 Å². The second kappa shape index (κ2) is 2.50. The lowest BCUT2D eigenvalue weighted by atomic mass is 10.7. The summed E-state index contributed by atoms with van der Waals surface area (Å²) in [6.45, 7) is 0. The molecule has 0 unspecified atom stereocenters. The van der Waals surface area contributed by atoms with Gasteiger partial charge in [0, 0.05) is 0 Å². The van der Waals surface area contributed by atoms with Gasteiger partial charge in [-0.3, -0.25) is 0 Å². The molecule has 0 bridgehead atoms. The number of rotatable bonds is 0. The molecule has 0 N–H and O–H groups in total. The Hall–Kier alpha value is -0.0300. The van der Waals surface area contributed by atoms with Crippen molar-refractivity contribution in [3.8, 4) is 0 Å². The normalized spacial score (nSPS) is 9.25. The van der Waals surface area contributed by atoms with Crippen LogP contribution >= 0.6 is 31.9 Å². The third-order valence-corrected chi connectivity index (χ3v) is 2.15. The Morgan fingerprint density at radius 2 is 2.12 bits per heavy atom. The summed E-state index contributed by atoms with van der Waals surface area (Å²) in [4.78, 5) is 0. The molecule has 0 aliphatic heterocycles. The van der Waals surface area contributed by atoms with Crippen molar-refractivity contribution in [2.75, 3.05) is 0 Å². The SMILES string of the molecule is Brc1[c]nnnc1Br. The Labute approximate surface area is 62.8 Å². The number of nitrogens with zero attached hydrogens (tertiary/aromatic N) is 3. The van der Waals surface area contributed by atoms with E-state index in [0.717, 1.165) is 0 Å². The van der Waals surface area contributed by atoms with Crippen molar-refractivity contribution in [2.24, 2.45) is 0 Å². The van der Waals surface area contributed by atoms with Gasteiger partial charge in [-0.1, -0.05) is 0 Å². The molecule has 5 heteroatoms. The Bertz CT molecular complexity index is 169. The quantitative estimate of drug-likeness (QED) is 0.681. The Morgan fingerprint density at radius 3 is 2.50 bits per heavy atom. The summed E-state index contributed by atoms with van der Waals surface area (Å²) >= 11 is 6.23. The molecule has 0 saturated heterocycles. The highest BCUT2D eigenvalue weighted by Gasteiger charge is 1.93. The summed E-state index contributed by atoms with van der Waals surface area (Å²) in [5.74, 6) is 0. The van der Waals surface area contributed by atoms with E-state index in [-0.39, 0.29) is 0 Å². The van der Waals surface area contributed by atoms with Crippen LogP contribution in [-0.4, -0.2) is 15.4 Å². The lowest BCUT2D eigenvalue weighted by Crippen LogP contribution is -1.85. The molecule has 41 valence electrons. The summed E-state index contributed by atoms with van der Waals surface area (Å²) < 4.78 is 1.31. The summed E-state index contributed by atoms with van der Waals surface area (Å²) in [6, 6.07) is 0. The van der Waals surface area contributed by atoms with Crippen molar-refractivity contribution < 1.29 is 0 Å². The third-order valence-electron chi connectivity index (χ3n) is 0.507.